The summed E-state index contributed by atoms with van der Waals surface area (Å²) in [6, 6.07) is 8.21. The molecule has 1 aliphatic rings. The van der Waals surface area contributed by atoms with Gasteiger partial charge in [-0.05, 0) is 44.2 Å². The van der Waals surface area contributed by atoms with Crippen LogP contribution < -0.4 is 5.32 Å². The Labute approximate surface area is 210 Å². The molecule has 1 aromatic carbocycles. The molecule has 3 aromatic heterocycles. The number of nitrogens with one attached hydrogen (secondary N) is 1. The third-order valence-corrected chi connectivity index (χ3v) is 6.85. The molecule has 9 heteroatoms. The minimum absolute atomic E-state index is 0.00267. The Morgan fingerprint density at radius 1 is 0.972 bits per heavy atom. The number of hydrogen-bond donors (Lipinski definition) is 2. The van der Waals surface area contributed by atoms with E-state index >= 15 is 0 Å². The smallest absolute Gasteiger partial charge is 0.223 e. The second-order valence-electron chi connectivity index (χ2n) is 9.59. The highest BCUT2D eigenvalue weighted by atomic mass is 16.3. The van der Waals surface area contributed by atoms with Crippen molar-refractivity contribution in [2.45, 2.75) is 44.7 Å². The third-order valence-electron chi connectivity index (χ3n) is 6.85. The fourth-order valence-corrected chi connectivity index (χ4v) is 4.73. The van der Waals surface area contributed by atoms with Crippen molar-refractivity contribution in [1.82, 2.24) is 34.8 Å². The van der Waals surface area contributed by atoms with E-state index in [-0.39, 0.29) is 30.5 Å². The van der Waals surface area contributed by atoms with Crippen LogP contribution in [0.5, 0.6) is 0 Å². The molecular weight excluding hydrogens is 454 g/mol. The summed E-state index contributed by atoms with van der Waals surface area (Å²) in [4.78, 5) is 21.6. The standard InChI is InChI=1S/C27H31N7O2/c1-18(17-35)32-27(36)19-6-8-25(9-7-19)34-16-24(14-31-34)22-11-28-26(29-12-22)21-5-3-4-20(10-21)23-13-30-33(2)15-23/h3-5,10-16,18-19,25,35H,6-9,17H2,1-2H3,(H,32,36)/t18-,19-,25-/m1/s1. The average molecular weight is 486 g/mol. The van der Waals surface area contributed by atoms with E-state index < -0.39 is 0 Å². The number of aliphatic hydroxyl groups is 1. The van der Waals surface area contributed by atoms with Crippen LogP contribution in [0.1, 0.15) is 38.6 Å². The van der Waals surface area contributed by atoms with E-state index in [1.165, 1.54) is 0 Å². The molecule has 3 heterocycles. The van der Waals surface area contributed by atoms with Crippen molar-refractivity contribution >= 4 is 5.91 Å². The third kappa shape index (κ3) is 5.21. The van der Waals surface area contributed by atoms with Crippen molar-refractivity contribution in [3.8, 4) is 33.6 Å². The first-order valence-corrected chi connectivity index (χ1v) is 12.4. The predicted octanol–water partition coefficient (Wildman–Crippen LogP) is 3.64. The van der Waals surface area contributed by atoms with Crippen LogP contribution in [-0.4, -0.2) is 53.2 Å². The molecule has 186 valence electrons. The largest absolute Gasteiger partial charge is 0.394 e. The van der Waals surface area contributed by atoms with Gasteiger partial charge in [-0.2, -0.15) is 10.2 Å². The zero-order valence-corrected chi connectivity index (χ0v) is 20.6. The molecule has 1 atom stereocenters. The van der Waals surface area contributed by atoms with Gasteiger partial charge in [-0.25, -0.2) is 9.97 Å². The lowest BCUT2D eigenvalue weighted by Gasteiger charge is -2.28. The molecule has 1 saturated carbocycles. The molecule has 1 fully saturated rings. The summed E-state index contributed by atoms with van der Waals surface area (Å²) < 4.78 is 3.79. The van der Waals surface area contributed by atoms with Crippen molar-refractivity contribution in [3.63, 3.8) is 0 Å². The number of aromatic nitrogens is 6. The van der Waals surface area contributed by atoms with Crippen molar-refractivity contribution < 1.29 is 9.90 Å². The molecule has 0 saturated heterocycles. The summed E-state index contributed by atoms with van der Waals surface area (Å²) in [7, 11) is 1.90. The molecule has 0 unspecified atom stereocenters. The monoisotopic (exact) mass is 485 g/mol. The van der Waals surface area contributed by atoms with Gasteiger partial charge in [-0.3, -0.25) is 14.2 Å². The maximum Gasteiger partial charge on any atom is 0.223 e. The number of carbonyl (C=O) groups excluding carboxylic acids is 1. The summed E-state index contributed by atoms with van der Waals surface area (Å²) in [6.45, 7) is 1.77. The fraction of sp³-hybridized carbons (Fsp3) is 0.370. The molecule has 36 heavy (non-hydrogen) atoms. The summed E-state index contributed by atoms with van der Waals surface area (Å²) >= 11 is 0. The average Bonchev–Trinajstić information content (AvgIpc) is 3.59. The van der Waals surface area contributed by atoms with Gasteiger partial charge in [0, 0.05) is 66.0 Å². The normalized spacial score (nSPS) is 18.6. The number of aliphatic hydroxyl groups excluding tert-OH is 1. The first-order valence-electron chi connectivity index (χ1n) is 12.4. The molecule has 0 radical (unpaired) electrons. The minimum atomic E-state index is -0.206. The number of aryl methyl sites for hydroxylation is 1. The number of amides is 1. The van der Waals surface area contributed by atoms with E-state index in [1.54, 1.807) is 4.68 Å². The van der Waals surface area contributed by atoms with Crippen LogP contribution in [0, 0.1) is 5.92 Å². The number of hydrogen-bond acceptors (Lipinski definition) is 6. The Hall–Kier alpha value is -3.85. The van der Waals surface area contributed by atoms with E-state index in [0.717, 1.165) is 53.5 Å². The first-order chi connectivity index (χ1) is 17.5. The van der Waals surface area contributed by atoms with Gasteiger partial charge in [0.05, 0.1) is 25.0 Å². The number of carbonyl (C=O) groups is 1. The van der Waals surface area contributed by atoms with E-state index in [0.29, 0.717) is 5.82 Å². The van der Waals surface area contributed by atoms with Gasteiger partial charge in [-0.15, -0.1) is 0 Å². The fourth-order valence-electron chi connectivity index (χ4n) is 4.73. The van der Waals surface area contributed by atoms with Gasteiger partial charge >= 0.3 is 0 Å². The van der Waals surface area contributed by atoms with Crippen LogP contribution in [0.4, 0.5) is 0 Å². The van der Waals surface area contributed by atoms with Gasteiger partial charge in [0.2, 0.25) is 5.91 Å². The van der Waals surface area contributed by atoms with Crippen LogP contribution in [0.3, 0.4) is 0 Å². The van der Waals surface area contributed by atoms with Crippen LogP contribution >= 0.6 is 0 Å². The Kier molecular flexibility index (Phi) is 6.90. The van der Waals surface area contributed by atoms with Gasteiger partial charge in [0.25, 0.3) is 0 Å². The maximum atomic E-state index is 12.4. The Morgan fingerprint density at radius 2 is 1.67 bits per heavy atom. The SMILES string of the molecule is C[C@H](CO)NC(=O)[C@H]1CC[C@H](n2cc(-c3cnc(-c4cccc(-c5cnn(C)c5)c4)nc3)cn2)CC1. The highest BCUT2D eigenvalue weighted by molar-refractivity contribution is 5.79. The van der Waals surface area contributed by atoms with E-state index in [4.69, 9.17) is 5.11 Å². The molecule has 1 amide bonds. The first kappa shape index (κ1) is 23.9. The molecular formula is C27H31N7O2. The molecule has 2 N–H and O–H groups in total. The molecule has 5 rings (SSSR count). The summed E-state index contributed by atoms with van der Waals surface area (Å²) in [6.07, 6.45) is 14.8. The Balaban J connectivity index is 1.23. The Bertz CT molecular complexity index is 1320. The van der Waals surface area contributed by atoms with Gasteiger partial charge in [-0.1, -0.05) is 18.2 Å². The van der Waals surface area contributed by atoms with Crippen LogP contribution in [0.15, 0.2) is 61.4 Å². The zero-order valence-electron chi connectivity index (χ0n) is 20.6. The van der Waals surface area contributed by atoms with E-state index in [9.17, 15) is 4.79 Å². The van der Waals surface area contributed by atoms with Crippen molar-refractivity contribution in [2.75, 3.05) is 6.61 Å². The van der Waals surface area contributed by atoms with Gasteiger partial charge in [0.1, 0.15) is 0 Å². The van der Waals surface area contributed by atoms with Gasteiger partial charge < -0.3 is 10.4 Å². The highest BCUT2D eigenvalue weighted by Gasteiger charge is 2.28. The molecule has 0 aliphatic heterocycles. The number of benzene rings is 1. The lowest BCUT2D eigenvalue weighted by atomic mass is 9.85. The minimum Gasteiger partial charge on any atom is -0.394 e. The summed E-state index contributed by atoms with van der Waals surface area (Å²) in [5, 5.41) is 20.9. The number of nitrogens with zero attached hydrogens (tertiary/aromatic N) is 6. The van der Waals surface area contributed by atoms with E-state index in [1.807, 2.05) is 68.0 Å². The predicted molar refractivity (Wildman–Crippen MR) is 137 cm³/mol. The van der Waals surface area contributed by atoms with Crippen molar-refractivity contribution in [3.05, 3.63) is 61.4 Å². The van der Waals surface area contributed by atoms with Gasteiger partial charge in [0.15, 0.2) is 5.82 Å². The zero-order chi connectivity index (χ0) is 25.1. The highest BCUT2D eigenvalue weighted by Crippen LogP contribution is 2.33. The van der Waals surface area contributed by atoms with Crippen LogP contribution in [0.2, 0.25) is 0 Å². The Morgan fingerprint density at radius 3 is 2.36 bits per heavy atom. The molecule has 0 spiro atoms. The molecule has 9 nitrogen and oxygen atoms in total. The summed E-state index contributed by atoms with van der Waals surface area (Å²) in [5.41, 5.74) is 4.97. The van der Waals surface area contributed by atoms with Crippen molar-refractivity contribution in [2.24, 2.45) is 13.0 Å². The second kappa shape index (κ2) is 10.4. The lowest BCUT2D eigenvalue weighted by Crippen LogP contribution is -2.40. The lowest BCUT2D eigenvalue weighted by molar-refractivity contribution is -0.127. The quantitative estimate of drug-likeness (QED) is 0.414. The molecule has 4 aromatic rings. The molecule has 0 bridgehead atoms. The second-order valence-corrected chi connectivity index (χ2v) is 9.59. The van der Waals surface area contributed by atoms with Crippen LogP contribution in [0.25, 0.3) is 33.6 Å². The van der Waals surface area contributed by atoms with E-state index in [2.05, 4.69) is 37.6 Å². The molecule has 1 aliphatic carbocycles. The van der Waals surface area contributed by atoms with Crippen molar-refractivity contribution in [1.29, 1.82) is 0 Å². The topological polar surface area (TPSA) is 111 Å². The number of rotatable bonds is 7. The maximum absolute atomic E-state index is 12.4. The summed E-state index contributed by atoms with van der Waals surface area (Å²) in [5.74, 6) is 0.714. The van der Waals surface area contributed by atoms with Crippen LogP contribution in [-0.2, 0) is 11.8 Å².